The van der Waals surface area contributed by atoms with Gasteiger partial charge in [0.2, 0.25) is 5.91 Å². The van der Waals surface area contributed by atoms with Crippen LogP contribution in [0.4, 0.5) is 0 Å². The molecule has 1 saturated heterocycles. The lowest BCUT2D eigenvalue weighted by atomic mass is 9.99. The van der Waals surface area contributed by atoms with E-state index in [4.69, 9.17) is 4.74 Å². The van der Waals surface area contributed by atoms with Gasteiger partial charge in [-0.3, -0.25) is 4.79 Å². The topological polar surface area (TPSA) is 60.3 Å². The smallest absolute Gasteiger partial charge is 0.227 e. The lowest BCUT2D eigenvalue weighted by molar-refractivity contribution is -0.138. The maximum atomic E-state index is 12.6. The molecule has 2 aromatic rings. The second kappa shape index (κ2) is 5.77. The van der Waals surface area contributed by atoms with E-state index in [0.29, 0.717) is 19.6 Å². The van der Waals surface area contributed by atoms with Crippen LogP contribution in [-0.4, -0.2) is 45.0 Å². The lowest BCUT2D eigenvalue weighted by Gasteiger charge is -2.41. The summed E-state index contributed by atoms with van der Waals surface area (Å²) in [6, 6.07) is 8.26. The van der Waals surface area contributed by atoms with Crippen molar-refractivity contribution in [3.05, 3.63) is 47.3 Å². The predicted molar refractivity (Wildman–Crippen MR) is 83.7 cm³/mol. The summed E-state index contributed by atoms with van der Waals surface area (Å²) in [5.41, 5.74) is 3.28. The first-order valence-corrected chi connectivity index (χ1v) is 8.05. The molecule has 23 heavy (non-hydrogen) atoms. The zero-order valence-corrected chi connectivity index (χ0v) is 13.2. The van der Waals surface area contributed by atoms with Gasteiger partial charge in [0.15, 0.2) is 0 Å². The van der Waals surface area contributed by atoms with Crippen LogP contribution in [0.25, 0.3) is 0 Å². The highest BCUT2D eigenvalue weighted by Crippen LogP contribution is 2.30. The van der Waals surface area contributed by atoms with E-state index in [1.807, 2.05) is 40.8 Å². The van der Waals surface area contributed by atoms with E-state index in [2.05, 4.69) is 10.3 Å². The summed E-state index contributed by atoms with van der Waals surface area (Å²) < 4.78 is 7.90. The van der Waals surface area contributed by atoms with E-state index in [0.717, 1.165) is 29.8 Å². The normalized spacial score (nSPS) is 23.3. The SMILES string of the molecule is Cc1ccccc1CC(=O)N1CCC2C(C1)OCc1cnnn12. The Morgan fingerprint density at radius 1 is 1.39 bits per heavy atom. The molecular formula is C17H20N4O2. The number of amides is 1. The highest BCUT2D eigenvalue weighted by Gasteiger charge is 2.37. The van der Waals surface area contributed by atoms with Crippen LogP contribution >= 0.6 is 0 Å². The van der Waals surface area contributed by atoms with E-state index in [1.165, 1.54) is 0 Å². The monoisotopic (exact) mass is 312 g/mol. The molecule has 1 amide bonds. The van der Waals surface area contributed by atoms with Gasteiger partial charge in [-0.1, -0.05) is 29.5 Å². The molecule has 0 N–H and O–H groups in total. The first kappa shape index (κ1) is 14.4. The number of fused-ring (bicyclic) bond motifs is 3. The zero-order valence-electron chi connectivity index (χ0n) is 13.2. The first-order valence-electron chi connectivity index (χ1n) is 8.05. The Kier molecular flexibility index (Phi) is 3.61. The van der Waals surface area contributed by atoms with Crippen LogP contribution in [-0.2, 0) is 22.6 Å². The van der Waals surface area contributed by atoms with Crippen molar-refractivity contribution in [3.63, 3.8) is 0 Å². The van der Waals surface area contributed by atoms with E-state index in [1.54, 1.807) is 6.20 Å². The summed E-state index contributed by atoms with van der Waals surface area (Å²) in [5, 5.41) is 8.14. The summed E-state index contributed by atoms with van der Waals surface area (Å²) in [6.45, 7) is 3.95. The van der Waals surface area contributed by atoms with Crippen LogP contribution in [0, 0.1) is 6.92 Å². The largest absolute Gasteiger partial charge is 0.368 e. The molecule has 0 bridgehead atoms. The molecule has 1 aromatic heterocycles. The predicted octanol–water partition coefficient (Wildman–Crippen LogP) is 1.50. The van der Waals surface area contributed by atoms with Gasteiger partial charge in [-0.25, -0.2) is 4.68 Å². The Hall–Kier alpha value is -2.21. The van der Waals surface area contributed by atoms with Crippen LogP contribution in [0.2, 0.25) is 0 Å². The second-order valence-corrected chi connectivity index (χ2v) is 6.32. The van der Waals surface area contributed by atoms with Gasteiger partial charge in [0.25, 0.3) is 0 Å². The Bertz CT molecular complexity index is 727. The maximum absolute atomic E-state index is 12.6. The number of benzene rings is 1. The lowest BCUT2D eigenvalue weighted by Crippen LogP contribution is -2.50. The highest BCUT2D eigenvalue weighted by atomic mass is 16.5. The molecule has 2 aliphatic heterocycles. The first-order chi connectivity index (χ1) is 11.2. The van der Waals surface area contributed by atoms with Gasteiger partial charge in [0.05, 0.1) is 37.1 Å². The van der Waals surface area contributed by atoms with Crippen molar-refractivity contribution in [1.29, 1.82) is 0 Å². The number of hydrogen-bond acceptors (Lipinski definition) is 4. The molecule has 6 nitrogen and oxygen atoms in total. The average molecular weight is 312 g/mol. The number of piperidine rings is 1. The molecule has 2 atom stereocenters. The molecule has 1 aromatic carbocycles. The molecule has 0 aliphatic carbocycles. The van der Waals surface area contributed by atoms with Gasteiger partial charge in [-0.05, 0) is 24.5 Å². The number of carbonyl (C=O) groups excluding carboxylic acids is 1. The average Bonchev–Trinajstić information content (AvgIpc) is 3.05. The summed E-state index contributed by atoms with van der Waals surface area (Å²) in [5.74, 6) is 0.172. The molecule has 3 heterocycles. The fraction of sp³-hybridized carbons (Fsp3) is 0.471. The van der Waals surface area contributed by atoms with Crippen molar-refractivity contribution in [2.24, 2.45) is 0 Å². The number of nitrogens with zero attached hydrogens (tertiary/aromatic N) is 4. The van der Waals surface area contributed by atoms with E-state index >= 15 is 0 Å². The summed E-state index contributed by atoms with van der Waals surface area (Å²) in [7, 11) is 0. The van der Waals surface area contributed by atoms with E-state index < -0.39 is 0 Å². The van der Waals surface area contributed by atoms with Gasteiger partial charge < -0.3 is 9.64 Å². The number of hydrogen-bond donors (Lipinski definition) is 0. The van der Waals surface area contributed by atoms with Crippen molar-refractivity contribution in [1.82, 2.24) is 19.9 Å². The van der Waals surface area contributed by atoms with E-state index in [9.17, 15) is 4.79 Å². The van der Waals surface area contributed by atoms with Gasteiger partial charge in [0, 0.05) is 13.1 Å². The fourth-order valence-electron chi connectivity index (χ4n) is 3.50. The number of aromatic nitrogens is 3. The standard InChI is InChI=1S/C17H20N4O2/c1-12-4-2-3-5-13(12)8-17(22)20-7-6-15-16(10-20)23-11-14-9-18-19-21(14)15/h2-5,9,15-16H,6-8,10-11H2,1H3. The number of carbonyl (C=O) groups is 1. The van der Waals surface area contributed by atoms with Crippen molar-refractivity contribution < 1.29 is 9.53 Å². The van der Waals surface area contributed by atoms with Crippen molar-refractivity contribution in [2.75, 3.05) is 13.1 Å². The maximum Gasteiger partial charge on any atom is 0.227 e. The Labute approximate surface area is 135 Å². The molecule has 4 rings (SSSR count). The molecule has 1 fully saturated rings. The molecule has 2 unspecified atom stereocenters. The third-order valence-electron chi connectivity index (χ3n) is 4.89. The van der Waals surface area contributed by atoms with E-state index in [-0.39, 0.29) is 18.1 Å². The zero-order chi connectivity index (χ0) is 15.8. The van der Waals surface area contributed by atoms with Crippen molar-refractivity contribution >= 4 is 5.91 Å². The minimum absolute atomic E-state index is 0.0128. The van der Waals surface area contributed by atoms with Gasteiger partial charge in [-0.15, -0.1) is 5.10 Å². The van der Waals surface area contributed by atoms with Crippen LogP contribution in [0.3, 0.4) is 0 Å². The molecular weight excluding hydrogens is 292 g/mol. The molecule has 2 aliphatic rings. The van der Waals surface area contributed by atoms with Gasteiger partial charge >= 0.3 is 0 Å². The molecule has 0 radical (unpaired) electrons. The number of aryl methyl sites for hydroxylation is 1. The number of likely N-dealkylation sites (tertiary alicyclic amines) is 1. The van der Waals surface area contributed by atoms with Crippen LogP contribution < -0.4 is 0 Å². The molecule has 0 saturated carbocycles. The molecule has 6 heteroatoms. The third-order valence-corrected chi connectivity index (χ3v) is 4.89. The second-order valence-electron chi connectivity index (χ2n) is 6.32. The molecule has 0 spiro atoms. The van der Waals surface area contributed by atoms with Crippen molar-refractivity contribution in [3.8, 4) is 0 Å². The summed E-state index contributed by atoms with van der Waals surface area (Å²) in [4.78, 5) is 14.6. The fourth-order valence-corrected chi connectivity index (χ4v) is 3.50. The minimum Gasteiger partial charge on any atom is -0.368 e. The Morgan fingerprint density at radius 3 is 3.13 bits per heavy atom. The highest BCUT2D eigenvalue weighted by molar-refractivity contribution is 5.79. The Balaban J connectivity index is 1.45. The van der Waals surface area contributed by atoms with Crippen LogP contribution in [0.1, 0.15) is 29.3 Å². The Morgan fingerprint density at radius 2 is 2.26 bits per heavy atom. The molecule has 120 valence electrons. The van der Waals surface area contributed by atoms with Gasteiger partial charge in [0.1, 0.15) is 0 Å². The van der Waals surface area contributed by atoms with Crippen LogP contribution in [0.15, 0.2) is 30.5 Å². The quantitative estimate of drug-likeness (QED) is 0.843. The number of rotatable bonds is 2. The third kappa shape index (κ3) is 2.63. The van der Waals surface area contributed by atoms with Crippen molar-refractivity contribution in [2.45, 2.75) is 38.5 Å². The number of ether oxygens (including phenoxy) is 1. The van der Waals surface area contributed by atoms with Crippen LogP contribution in [0.5, 0.6) is 0 Å². The summed E-state index contributed by atoms with van der Waals surface area (Å²) >= 11 is 0. The van der Waals surface area contributed by atoms with Gasteiger partial charge in [-0.2, -0.15) is 0 Å². The summed E-state index contributed by atoms with van der Waals surface area (Å²) in [6.07, 6.45) is 3.09. The minimum atomic E-state index is 0.0128.